The molecule has 0 aliphatic carbocycles. The third-order valence-corrected chi connectivity index (χ3v) is 2.81. The van der Waals surface area contributed by atoms with E-state index in [4.69, 9.17) is 9.15 Å². The van der Waals surface area contributed by atoms with Crippen LogP contribution >= 0.6 is 11.8 Å². The molecule has 0 N–H and O–H groups in total. The van der Waals surface area contributed by atoms with Gasteiger partial charge in [-0.25, -0.2) is 4.79 Å². The van der Waals surface area contributed by atoms with Crippen molar-refractivity contribution in [1.29, 1.82) is 0 Å². The molecule has 6 heteroatoms. The van der Waals surface area contributed by atoms with Crippen LogP contribution in [0.3, 0.4) is 0 Å². The monoisotopic (exact) mass is 274 g/mol. The normalized spacial score (nSPS) is 10.1. The number of hydrogen-bond donors (Lipinski definition) is 0. The Morgan fingerprint density at radius 1 is 1.39 bits per heavy atom. The van der Waals surface area contributed by atoms with E-state index in [1.54, 1.807) is 30.0 Å². The topological polar surface area (TPSA) is 62.5 Å². The summed E-state index contributed by atoms with van der Waals surface area (Å²) in [5.74, 6) is 1.15. The van der Waals surface area contributed by atoms with Gasteiger partial charge in [-0.2, -0.15) is 11.8 Å². The quantitative estimate of drug-likeness (QED) is 0.390. The van der Waals surface area contributed by atoms with Crippen molar-refractivity contribution >= 4 is 22.7 Å². The number of benzene rings is 1. The molecule has 2 rings (SSSR count). The standard InChI is InChI=1S/C12H12O4S.Na/c1-17-5-4-15-8-2-3-9-10(13)7-12(14)16-11(9)6-8;/h2-3,6-7,13H,4-5H2,1H3;/q;+1/p-1. The molecule has 90 valence electrons. The van der Waals surface area contributed by atoms with Crippen LogP contribution in [-0.4, -0.2) is 18.6 Å². The molecule has 0 aliphatic heterocycles. The molecular formula is C12H11NaO4S. The summed E-state index contributed by atoms with van der Waals surface area (Å²) in [5, 5.41) is 11.9. The first-order valence-corrected chi connectivity index (χ1v) is 6.47. The summed E-state index contributed by atoms with van der Waals surface area (Å²) >= 11 is 1.68. The summed E-state index contributed by atoms with van der Waals surface area (Å²) in [5.41, 5.74) is -0.368. The molecule has 0 atom stereocenters. The van der Waals surface area contributed by atoms with Gasteiger partial charge in [0, 0.05) is 23.3 Å². The van der Waals surface area contributed by atoms with Crippen LogP contribution in [0, 0.1) is 0 Å². The van der Waals surface area contributed by atoms with E-state index < -0.39 is 5.63 Å². The number of rotatable bonds is 4. The second-order valence-electron chi connectivity index (χ2n) is 3.43. The van der Waals surface area contributed by atoms with Gasteiger partial charge in [-0.1, -0.05) is 5.75 Å². The molecule has 0 saturated carbocycles. The van der Waals surface area contributed by atoms with E-state index in [0.717, 1.165) is 11.8 Å². The first-order chi connectivity index (χ1) is 8.20. The third kappa shape index (κ3) is 3.68. The molecule has 0 amide bonds. The minimum Gasteiger partial charge on any atom is -0.872 e. The Labute approximate surface area is 131 Å². The number of fused-ring (bicyclic) bond motifs is 1. The summed E-state index contributed by atoms with van der Waals surface area (Å²) in [4.78, 5) is 11.1. The Hall–Kier alpha value is -0.620. The van der Waals surface area contributed by atoms with Gasteiger partial charge >= 0.3 is 35.2 Å². The molecule has 1 heterocycles. The van der Waals surface area contributed by atoms with E-state index in [-0.39, 0.29) is 40.9 Å². The molecule has 0 fully saturated rings. The maximum Gasteiger partial charge on any atom is 1.00 e. The van der Waals surface area contributed by atoms with Gasteiger partial charge in [0.05, 0.1) is 6.61 Å². The van der Waals surface area contributed by atoms with Gasteiger partial charge in [0.1, 0.15) is 11.3 Å². The first-order valence-electron chi connectivity index (χ1n) is 5.07. The van der Waals surface area contributed by atoms with Crippen LogP contribution in [0.2, 0.25) is 0 Å². The van der Waals surface area contributed by atoms with Gasteiger partial charge in [-0.3, -0.25) is 0 Å². The Morgan fingerprint density at radius 2 is 2.17 bits per heavy atom. The Bertz CT molecular complexity index is 582. The minimum absolute atomic E-state index is 0. The van der Waals surface area contributed by atoms with E-state index in [9.17, 15) is 9.90 Å². The van der Waals surface area contributed by atoms with Gasteiger partial charge in [-0.05, 0) is 18.4 Å². The maximum atomic E-state index is 11.5. The molecule has 1 aromatic carbocycles. The Morgan fingerprint density at radius 3 is 2.89 bits per heavy atom. The summed E-state index contributed by atoms with van der Waals surface area (Å²) in [7, 11) is 0. The molecule has 0 aliphatic rings. The molecular weight excluding hydrogens is 263 g/mol. The predicted octanol–water partition coefficient (Wildman–Crippen LogP) is -1.39. The fourth-order valence-corrected chi connectivity index (χ4v) is 1.70. The van der Waals surface area contributed by atoms with Crippen molar-refractivity contribution in [2.75, 3.05) is 18.6 Å². The van der Waals surface area contributed by atoms with E-state index >= 15 is 0 Å². The van der Waals surface area contributed by atoms with E-state index in [2.05, 4.69) is 0 Å². The van der Waals surface area contributed by atoms with Crippen LogP contribution in [0.15, 0.2) is 33.5 Å². The predicted molar refractivity (Wildman–Crippen MR) is 65.8 cm³/mol. The number of hydrogen-bond acceptors (Lipinski definition) is 5. The zero-order valence-electron chi connectivity index (χ0n) is 10.3. The average molecular weight is 274 g/mol. The summed E-state index contributed by atoms with van der Waals surface area (Å²) in [6.45, 7) is 0.577. The van der Waals surface area contributed by atoms with E-state index in [1.165, 1.54) is 0 Å². The molecule has 18 heavy (non-hydrogen) atoms. The van der Waals surface area contributed by atoms with Crippen molar-refractivity contribution in [3.8, 4) is 11.5 Å². The molecule has 4 nitrogen and oxygen atoms in total. The molecule has 2 aromatic rings. The second kappa shape index (κ2) is 7.09. The molecule has 0 bridgehead atoms. The van der Waals surface area contributed by atoms with Crippen molar-refractivity contribution in [2.45, 2.75) is 0 Å². The van der Waals surface area contributed by atoms with Gasteiger partial charge in [-0.15, -0.1) is 0 Å². The Kier molecular flexibility index (Phi) is 6.08. The second-order valence-corrected chi connectivity index (χ2v) is 4.41. The van der Waals surface area contributed by atoms with E-state index in [0.29, 0.717) is 17.7 Å². The third-order valence-electron chi connectivity index (χ3n) is 2.23. The van der Waals surface area contributed by atoms with Crippen LogP contribution < -0.4 is 45.0 Å². The largest absolute Gasteiger partial charge is 1.00 e. The fraction of sp³-hybridized carbons (Fsp3) is 0.250. The number of thioether (sulfide) groups is 1. The van der Waals surface area contributed by atoms with Gasteiger partial charge in [0.2, 0.25) is 0 Å². The van der Waals surface area contributed by atoms with Gasteiger partial charge in [0.15, 0.2) is 0 Å². The smallest absolute Gasteiger partial charge is 0.872 e. The first kappa shape index (κ1) is 15.4. The molecule has 0 saturated heterocycles. The van der Waals surface area contributed by atoms with Crippen molar-refractivity contribution in [3.05, 3.63) is 34.7 Å². The molecule has 1 aromatic heterocycles. The zero-order valence-corrected chi connectivity index (χ0v) is 13.1. The number of ether oxygens (including phenoxy) is 1. The minimum atomic E-state index is -0.635. The SMILES string of the molecule is CSCCOc1ccc2c([O-])cc(=O)oc2c1.[Na+]. The molecule has 0 radical (unpaired) electrons. The summed E-state index contributed by atoms with van der Waals surface area (Å²) in [6.07, 6.45) is 1.99. The maximum absolute atomic E-state index is 11.5. The van der Waals surface area contributed by atoms with Crippen LogP contribution in [0.1, 0.15) is 0 Å². The van der Waals surface area contributed by atoms with Crippen molar-refractivity contribution in [3.63, 3.8) is 0 Å². The molecule has 0 unspecified atom stereocenters. The van der Waals surface area contributed by atoms with Crippen molar-refractivity contribution < 1.29 is 43.8 Å². The summed E-state index contributed by atoms with van der Waals surface area (Å²) in [6, 6.07) is 5.81. The van der Waals surface area contributed by atoms with Crippen LogP contribution in [0.5, 0.6) is 11.5 Å². The van der Waals surface area contributed by atoms with Crippen LogP contribution in [0.25, 0.3) is 11.0 Å². The van der Waals surface area contributed by atoms with Crippen LogP contribution in [-0.2, 0) is 0 Å². The van der Waals surface area contributed by atoms with Crippen molar-refractivity contribution in [1.82, 2.24) is 0 Å². The van der Waals surface area contributed by atoms with E-state index in [1.807, 2.05) is 6.26 Å². The zero-order chi connectivity index (χ0) is 12.3. The summed E-state index contributed by atoms with van der Waals surface area (Å²) < 4.78 is 10.4. The average Bonchev–Trinajstić information content (AvgIpc) is 2.28. The Balaban J connectivity index is 0.00000162. The van der Waals surface area contributed by atoms with Gasteiger partial charge in [0.25, 0.3) is 0 Å². The van der Waals surface area contributed by atoms with Gasteiger partial charge < -0.3 is 14.3 Å². The fourth-order valence-electron chi connectivity index (χ4n) is 1.45. The van der Waals surface area contributed by atoms with Crippen molar-refractivity contribution in [2.24, 2.45) is 0 Å². The van der Waals surface area contributed by atoms with Crippen LogP contribution in [0.4, 0.5) is 0 Å². The molecule has 0 spiro atoms.